The quantitative estimate of drug-likeness (QED) is 0.804. The van der Waals surface area contributed by atoms with Crippen molar-refractivity contribution in [2.24, 2.45) is 0 Å². The molecule has 0 saturated heterocycles. The number of nitrogens with one attached hydrogen (secondary N) is 1. The summed E-state index contributed by atoms with van der Waals surface area (Å²) < 4.78 is 0. The molecule has 0 aliphatic heterocycles. The van der Waals surface area contributed by atoms with Crippen LogP contribution >= 0.6 is 0 Å². The van der Waals surface area contributed by atoms with Crippen molar-refractivity contribution < 1.29 is 0 Å². The van der Waals surface area contributed by atoms with E-state index in [1.807, 2.05) is 13.0 Å². The van der Waals surface area contributed by atoms with Gasteiger partial charge < -0.3 is 5.32 Å². The van der Waals surface area contributed by atoms with Crippen LogP contribution in [0, 0.1) is 6.92 Å². The maximum absolute atomic E-state index is 4.53. The third-order valence-corrected chi connectivity index (χ3v) is 2.29. The van der Waals surface area contributed by atoms with E-state index in [0.717, 1.165) is 11.5 Å². The fourth-order valence-corrected chi connectivity index (χ4v) is 1.72. The SMILES string of the molecule is Cc1cc2ccccc2c(NC(C)C)n1. The van der Waals surface area contributed by atoms with Gasteiger partial charge in [0.1, 0.15) is 5.82 Å². The molecule has 2 aromatic rings. The van der Waals surface area contributed by atoms with Gasteiger partial charge in [-0.3, -0.25) is 0 Å². The van der Waals surface area contributed by atoms with Gasteiger partial charge in [0.05, 0.1) is 0 Å². The molecule has 0 bridgehead atoms. The topological polar surface area (TPSA) is 24.9 Å². The molecular weight excluding hydrogens is 184 g/mol. The Morgan fingerprint density at radius 2 is 1.93 bits per heavy atom. The van der Waals surface area contributed by atoms with E-state index in [4.69, 9.17) is 0 Å². The zero-order valence-corrected chi connectivity index (χ0v) is 9.41. The van der Waals surface area contributed by atoms with Crippen LogP contribution in [0.5, 0.6) is 0 Å². The predicted octanol–water partition coefficient (Wildman–Crippen LogP) is 3.36. The van der Waals surface area contributed by atoms with Crippen molar-refractivity contribution in [3.63, 3.8) is 0 Å². The molecule has 2 nitrogen and oxygen atoms in total. The first kappa shape index (κ1) is 9.97. The van der Waals surface area contributed by atoms with Crippen LogP contribution in [0.15, 0.2) is 30.3 Å². The number of nitrogens with zero attached hydrogens (tertiary/aromatic N) is 1. The summed E-state index contributed by atoms with van der Waals surface area (Å²) >= 11 is 0. The molecule has 2 rings (SSSR count). The molecule has 78 valence electrons. The Morgan fingerprint density at radius 3 is 2.67 bits per heavy atom. The van der Waals surface area contributed by atoms with E-state index >= 15 is 0 Å². The smallest absolute Gasteiger partial charge is 0.134 e. The molecule has 0 spiro atoms. The minimum absolute atomic E-state index is 0.405. The van der Waals surface area contributed by atoms with Gasteiger partial charge in [0.25, 0.3) is 0 Å². The van der Waals surface area contributed by atoms with Crippen molar-refractivity contribution in [3.05, 3.63) is 36.0 Å². The Balaban J connectivity index is 2.60. The number of rotatable bonds is 2. The highest BCUT2D eigenvalue weighted by Crippen LogP contribution is 2.22. The third-order valence-electron chi connectivity index (χ3n) is 2.29. The lowest BCUT2D eigenvalue weighted by atomic mass is 10.1. The summed E-state index contributed by atoms with van der Waals surface area (Å²) in [6, 6.07) is 10.8. The summed E-state index contributed by atoms with van der Waals surface area (Å²) in [4.78, 5) is 4.53. The molecule has 1 N–H and O–H groups in total. The van der Waals surface area contributed by atoms with E-state index in [9.17, 15) is 0 Å². The van der Waals surface area contributed by atoms with Crippen LogP contribution in [-0.4, -0.2) is 11.0 Å². The van der Waals surface area contributed by atoms with Crippen LogP contribution in [0.4, 0.5) is 5.82 Å². The fourth-order valence-electron chi connectivity index (χ4n) is 1.72. The standard InChI is InChI=1S/C13H16N2/c1-9(2)14-13-12-7-5-4-6-11(12)8-10(3)15-13/h4-9H,1-3H3,(H,14,15). The summed E-state index contributed by atoms with van der Waals surface area (Å²) in [5.74, 6) is 0.987. The summed E-state index contributed by atoms with van der Waals surface area (Å²) in [6.45, 7) is 6.27. The molecule has 0 saturated carbocycles. The lowest BCUT2D eigenvalue weighted by Gasteiger charge is -2.12. The molecule has 1 aromatic heterocycles. The van der Waals surface area contributed by atoms with Crippen LogP contribution in [-0.2, 0) is 0 Å². The van der Waals surface area contributed by atoms with Crippen molar-refractivity contribution in [1.29, 1.82) is 0 Å². The Kier molecular flexibility index (Phi) is 2.58. The van der Waals surface area contributed by atoms with E-state index < -0.39 is 0 Å². The number of benzene rings is 1. The lowest BCUT2D eigenvalue weighted by Crippen LogP contribution is -2.11. The first-order valence-electron chi connectivity index (χ1n) is 5.30. The maximum Gasteiger partial charge on any atom is 0.134 e. The first-order valence-corrected chi connectivity index (χ1v) is 5.30. The number of fused-ring (bicyclic) bond motifs is 1. The van der Waals surface area contributed by atoms with E-state index in [1.54, 1.807) is 0 Å². The summed E-state index contributed by atoms with van der Waals surface area (Å²) in [5.41, 5.74) is 1.05. The van der Waals surface area contributed by atoms with E-state index in [-0.39, 0.29) is 0 Å². The van der Waals surface area contributed by atoms with Gasteiger partial charge in [0.15, 0.2) is 0 Å². The third kappa shape index (κ3) is 2.09. The Labute approximate surface area is 90.3 Å². The molecule has 1 aromatic carbocycles. The summed E-state index contributed by atoms with van der Waals surface area (Å²) in [6.07, 6.45) is 0. The van der Waals surface area contributed by atoms with Crippen molar-refractivity contribution in [3.8, 4) is 0 Å². The molecule has 0 fully saturated rings. The Morgan fingerprint density at radius 1 is 1.20 bits per heavy atom. The second kappa shape index (κ2) is 3.89. The minimum Gasteiger partial charge on any atom is -0.367 e. The first-order chi connectivity index (χ1) is 7.16. The molecule has 15 heavy (non-hydrogen) atoms. The van der Waals surface area contributed by atoms with Crippen molar-refractivity contribution in [1.82, 2.24) is 4.98 Å². The zero-order valence-electron chi connectivity index (χ0n) is 9.41. The molecule has 0 aliphatic rings. The number of hydrogen-bond acceptors (Lipinski definition) is 2. The van der Waals surface area contributed by atoms with Crippen LogP contribution in [0.25, 0.3) is 10.8 Å². The Bertz CT molecular complexity index is 475. The second-order valence-electron chi connectivity index (χ2n) is 4.13. The van der Waals surface area contributed by atoms with Gasteiger partial charge in [0.2, 0.25) is 0 Å². The van der Waals surface area contributed by atoms with Gasteiger partial charge in [-0.1, -0.05) is 24.3 Å². The molecule has 1 heterocycles. The van der Waals surface area contributed by atoms with Gasteiger partial charge >= 0.3 is 0 Å². The second-order valence-corrected chi connectivity index (χ2v) is 4.13. The van der Waals surface area contributed by atoms with Crippen molar-refractivity contribution in [2.75, 3.05) is 5.32 Å². The molecule has 0 aliphatic carbocycles. The highest BCUT2D eigenvalue weighted by atomic mass is 15.0. The molecular formula is C13H16N2. The van der Waals surface area contributed by atoms with Crippen LogP contribution in [0.1, 0.15) is 19.5 Å². The number of pyridine rings is 1. The summed E-state index contributed by atoms with van der Waals surface area (Å²) in [7, 11) is 0. The van der Waals surface area contributed by atoms with Crippen LogP contribution in [0.3, 0.4) is 0 Å². The molecule has 2 heteroatoms. The fraction of sp³-hybridized carbons (Fsp3) is 0.308. The highest BCUT2D eigenvalue weighted by molar-refractivity contribution is 5.92. The van der Waals surface area contributed by atoms with Gasteiger partial charge in [0, 0.05) is 17.1 Å². The Hall–Kier alpha value is -1.57. The van der Waals surface area contributed by atoms with Crippen LogP contribution in [0.2, 0.25) is 0 Å². The monoisotopic (exact) mass is 200 g/mol. The van der Waals surface area contributed by atoms with E-state index in [2.05, 4.69) is 48.4 Å². The van der Waals surface area contributed by atoms with Crippen molar-refractivity contribution in [2.45, 2.75) is 26.8 Å². The van der Waals surface area contributed by atoms with Crippen molar-refractivity contribution >= 4 is 16.6 Å². The van der Waals surface area contributed by atoms with E-state index in [1.165, 1.54) is 10.8 Å². The minimum atomic E-state index is 0.405. The normalized spacial score (nSPS) is 10.9. The molecule has 0 amide bonds. The van der Waals surface area contributed by atoms with Gasteiger partial charge in [-0.05, 0) is 32.2 Å². The maximum atomic E-state index is 4.53. The largest absolute Gasteiger partial charge is 0.367 e. The zero-order chi connectivity index (χ0) is 10.8. The molecule has 0 radical (unpaired) electrons. The van der Waals surface area contributed by atoms with Crippen LogP contribution < -0.4 is 5.32 Å². The average Bonchev–Trinajstić information content (AvgIpc) is 2.16. The highest BCUT2D eigenvalue weighted by Gasteiger charge is 2.04. The van der Waals surface area contributed by atoms with Gasteiger partial charge in [-0.2, -0.15) is 0 Å². The molecule has 0 unspecified atom stereocenters. The lowest BCUT2D eigenvalue weighted by molar-refractivity contribution is 0.890. The summed E-state index contributed by atoms with van der Waals surface area (Å²) in [5, 5.41) is 5.81. The average molecular weight is 200 g/mol. The number of anilines is 1. The van der Waals surface area contributed by atoms with Gasteiger partial charge in [-0.25, -0.2) is 4.98 Å². The predicted molar refractivity (Wildman–Crippen MR) is 65.2 cm³/mol. The number of hydrogen-bond donors (Lipinski definition) is 1. The number of aromatic nitrogens is 1. The van der Waals surface area contributed by atoms with E-state index in [0.29, 0.717) is 6.04 Å². The number of aryl methyl sites for hydroxylation is 1. The van der Waals surface area contributed by atoms with Gasteiger partial charge in [-0.15, -0.1) is 0 Å². The molecule has 0 atom stereocenters.